The quantitative estimate of drug-likeness (QED) is 0.849. The number of piperidine rings is 1. The summed E-state index contributed by atoms with van der Waals surface area (Å²) in [7, 11) is 0. The fourth-order valence-corrected chi connectivity index (χ4v) is 3.73. The van der Waals surface area contributed by atoms with Gasteiger partial charge in [-0.1, -0.05) is 24.3 Å². The third-order valence-electron chi connectivity index (χ3n) is 5.16. The van der Waals surface area contributed by atoms with Crippen LogP contribution in [0.3, 0.4) is 0 Å². The number of benzene rings is 2. The molecule has 1 aliphatic heterocycles. The highest BCUT2D eigenvalue weighted by Crippen LogP contribution is 2.27. The first-order valence-corrected chi connectivity index (χ1v) is 9.13. The predicted molar refractivity (Wildman–Crippen MR) is 100 cm³/mol. The van der Waals surface area contributed by atoms with Crippen LogP contribution in [-0.2, 0) is 9.53 Å². The third-order valence-corrected chi connectivity index (χ3v) is 5.16. The second-order valence-corrected chi connectivity index (χ2v) is 7.14. The van der Waals surface area contributed by atoms with Crippen LogP contribution in [0.25, 0.3) is 10.8 Å². The van der Waals surface area contributed by atoms with Crippen molar-refractivity contribution in [2.45, 2.75) is 58.2 Å². The fraction of sp³-hybridized carbons (Fsp3) is 0.429. The zero-order valence-corrected chi connectivity index (χ0v) is 15.4. The normalized spacial score (nSPS) is 21.4. The van der Waals surface area contributed by atoms with Crippen LogP contribution >= 0.6 is 0 Å². The van der Waals surface area contributed by atoms with Gasteiger partial charge in [-0.3, -0.25) is 4.79 Å². The number of esters is 1. The third kappa shape index (κ3) is 3.52. The molecule has 1 saturated heterocycles. The van der Waals surface area contributed by atoms with Gasteiger partial charge in [0.05, 0.1) is 0 Å². The molecule has 0 spiro atoms. The summed E-state index contributed by atoms with van der Waals surface area (Å²) in [4.78, 5) is 27.1. The van der Waals surface area contributed by atoms with Gasteiger partial charge in [-0.15, -0.1) is 0 Å². The number of hydrogen-bond donors (Lipinski definition) is 1. The molecule has 26 heavy (non-hydrogen) atoms. The zero-order valence-electron chi connectivity index (χ0n) is 15.4. The lowest BCUT2D eigenvalue weighted by molar-refractivity contribution is -0.146. The maximum absolute atomic E-state index is 12.8. The van der Waals surface area contributed by atoms with Crippen molar-refractivity contribution in [3.8, 4) is 5.75 Å². The van der Waals surface area contributed by atoms with E-state index in [2.05, 4.69) is 0 Å². The van der Waals surface area contributed by atoms with E-state index >= 15 is 0 Å². The zero-order chi connectivity index (χ0) is 18.8. The lowest BCUT2D eigenvalue weighted by Gasteiger charge is -2.40. The van der Waals surface area contributed by atoms with Crippen LogP contribution in [-0.4, -0.2) is 40.1 Å². The molecule has 138 valence electrons. The van der Waals surface area contributed by atoms with Crippen LogP contribution in [0.5, 0.6) is 5.75 Å². The van der Waals surface area contributed by atoms with Crippen LogP contribution in [0.4, 0.5) is 0 Å². The highest BCUT2D eigenvalue weighted by Gasteiger charge is 2.33. The van der Waals surface area contributed by atoms with Crippen LogP contribution in [0.15, 0.2) is 36.4 Å². The number of aromatic hydroxyl groups is 1. The summed E-state index contributed by atoms with van der Waals surface area (Å²) in [5.41, 5.74) is 0.0723. The molecule has 5 heteroatoms. The van der Waals surface area contributed by atoms with Gasteiger partial charge in [-0.2, -0.15) is 0 Å². The molecule has 1 fully saturated rings. The van der Waals surface area contributed by atoms with Crippen molar-refractivity contribution in [3.05, 3.63) is 42.0 Å². The molecule has 0 bridgehead atoms. The van der Waals surface area contributed by atoms with E-state index in [1.54, 1.807) is 13.0 Å². The largest absolute Gasteiger partial charge is 0.507 e. The van der Waals surface area contributed by atoms with Crippen molar-refractivity contribution in [2.75, 3.05) is 0 Å². The number of carbonyl (C=O) groups excluding carboxylic acids is 2. The van der Waals surface area contributed by atoms with E-state index in [0.29, 0.717) is 0 Å². The lowest BCUT2D eigenvalue weighted by atomic mass is 9.97. The lowest BCUT2D eigenvalue weighted by Crippen LogP contribution is -2.51. The highest BCUT2D eigenvalue weighted by atomic mass is 16.5. The molecule has 3 rings (SSSR count). The number of phenols is 1. The number of amides is 1. The summed E-state index contributed by atoms with van der Waals surface area (Å²) in [5, 5.41) is 11.8. The van der Waals surface area contributed by atoms with Gasteiger partial charge in [0, 0.05) is 12.1 Å². The van der Waals surface area contributed by atoms with E-state index < -0.39 is 12.1 Å². The highest BCUT2D eigenvalue weighted by molar-refractivity contribution is 5.99. The van der Waals surface area contributed by atoms with Crippen molar-refractivity contribution in [3.63, 3.8) is 0 Å². The molecule has 5 nitrogen and oxygen atoms in total. The summed E-state index contributed by atoms with van der Waals surface area (Å²) < 4.78 is 5.39. The van der Waals surface area contributed by atoms with Gasteiger partial charge >= 0.3 is 5.97 Å². The summed E-state index contributed by atoms with van der Waals surface area (Å²) in [6.07, 6.45) is 2.13. The fourth-order valence-electron chi connectivity index (χ4n) is 3.73. The van der Waals surface area contributed by atoms with E-state index in [0.717, 1.165) is 30.0 Å². The number of fused-ring (bicyclic) bond motifs is 1. The molecule has 1 N–H and O–H groups in total. The van der Waals surface area contributed by atoms with E-state index in [9.17, 15) is 14.7 Å². The Balaban J connectivity index is 1.77. The second kappa shape index (κ2) is 7.36. The Kier molecular flexibility index (Phi) is 5.16. The van der Waals surface area contributed by atoms with E-state index in [1.165, 1.54) is 6.07 Å². The Hall–Kier alpha value is -2.56. The minimum Gasteiger partial charge on any atom is -0.507 e. The molecular weight excluding hydrogens is 330 g/mol. The molecular formula is C21H25NO4. The maximum Gasteiger partial charge on any atom is 0.342 e. The Morgan fingerprint density at radius 2 is 1.69 bits per heavy atom. The number of ether oxygens (including phenoxy) is 1. The Bertz CT molecular complexity index is 822. The van der Waals surface area contributed by atoms with Crippen LogP contribution in [0.1, 0.15) is 50.4 Å². The first-order chi connectivity index (χ1) is 12.4. The topological polar surface area (TPSA) is 66.8 Å². The van der Waals surface area contributed by atoms with Crippen molar-refractivity contribution >= 4 is 22.6 Å². The number of phenolic OH excluding ortho intramolecular Hbond substituents is 1. The molecule has 1 amide bonds. The van der Waals surface area contributed by atoms with Crippen LogP contribution in [0, 0.1) is 0 Å². The molecule has 0 saturated carbocycles. The van der Waals surface area contributed by atoms with Gasteiger partial charge in [0.1, 0.15) is 11.3 Å². The summed E-state index contributed by atoms with van der Waals surface area (Å²) in [6.45, 7) is 5.64. The van der Waals surface area contributed by atoms with Gasteiger partial charge in [0.15, 0.2) is 6.10 Å². The molecule has 0 unspecified atom stereocenters. The monoisotopic (exact) mass is 355 g/mol. The minimum atomic E-state index is -0.892. The molecule has 2 aromatic rings. The number of nitrogens with zero attached hydrogens (tertiary/aromatic N) is 1. The van der Waals surface area contributed by atoms with E-state index in [1.807, 2.05) is 43.0 Å². The van der Waals surface area contributed by atoms with Gasteiger partial charge in [-0.25, -0.2) is 4.79 Å². The summed E-state index contributed by atoms with van der Waals surface area (Å²) in [5.74, 6) is -1.02. The first-order valence-electron chi connectivity index (χ1n) is 9.13. The summed E-state index contributed by atoms with van der Waals surface area (Å²) in [6, 6.07) is 10.8. The number of likely N-dealkylation sites (tertiary alicyclic amines) is 1. The molecule has 3 atom stereocenters. The van der Waals surface area contributed by atoms with Crippen LogP contribution in [0.2, 0.25) is 0 Å². The van der Waals surface area contributed by atoms with Gasteiger partial charge < -0.3 is 14.7 Å². The van der Waals surface area contributed by atoms with Gasteiger partial charge in [0.2, 0.25) is 0 Å². The average molecular weight is 355 g/mol. The molecule has 1 aliphatic rings. The number of rotatable bonds is 3. The Morgan fingerprint density at radius 1 is 1.12 bits per heavy atom. The summed E-state index contributed by atoms with van der Waals surface area (Å²) >= 11 is 0. The van der Waals surface area contributed by atoms with E-state index in [4.69, 9.17) is 4.74 Å². The maximum atomic E-state index is 12.8. The van der Waals surface area contributed by atoms with Crippen molar-refractivity contribution < 1.29 is 19.4 Å². The number of carbonyl (C=O) groups is 2. The minimum absolute atomic E-state index is 0.0723. The van der Waals surface area contributed by atoms with Gasteiger partial charge in [0.25, 0.3) is 5.91 Å². The van der Waals surface area contributed by atoms with Crippen molar-refractivity contribution in [1.29, 1.82) is 0 Å². The van der Waals surface area contributed by atoms with Crippen LogP contribution < -0.4 is 0 Å². The SMILES string of the molecule is C[C@@H](OC(=O)c1cc2ccccc2cc1O)C(=O)N1[C@@H](C)CCC[C@@H]1C. The molecule has 0 radical (unpaired) electrons. The predicted octanol–water partition coefficient (Wildman–Crippen LogP) is 3.88. The Labute approximate surface area is 153 Å². The second-order valence-electron chi connectivity index (χ2n) is 7.14. The Morgan fingerprint density at radius 3 is 2.31 bits per heavy atom. The molecule has 0 aromatic heterocycles. The first kappa shape index (κ1) is 18.2. The number of hydrogen-bond acceptors (Lipinski definition) is 4. The smallest absolute Gasteiger partial charge is 0.342 e. The van der Waals surface area contributed by atoms with Crippen molar-refractivity contribution in [2.24, 2.45) is 0 Å². The van der Waals surface area contributed by atoms with E-state index in [-0.39, 0.29) is 29.3 Å². The van der Waals surface area contributed by atoms with Crippen molar-refractivity contribution in [1.82, 2.24) is 4.90 Å². The molecule has 0 aliphatic carbocycles. The molecule has 2 aromatic carbocycles. The molecule has 1 heterocycles. The standard InChI is InChI=1S/C21H25NO4/c1-13-7-6-8-14(2)22(13)20(24)15(3)26-21(25)18-11-16-9-4-5-10-17(16)12-19(18)23/h4-5,9-15,23H,6-8H2,1-3H3/t13-,14-,15+/m0/s1. The average Bonchev–Trinajstić information content (AvgIpc) is 2.60. The van der Waals surface area contributed by atoms with Gasteiger partial charge in [-0.05, 0) is 62.9 Å².